The Morgan fingerprint density at radius 1 is 1.12 bits per heavy atom. The third-order valence-corrected chi connectivity index (χ3v) is 5.34. The topological polar surface area (TPSA) is 100 Å². The van der Waals surface area contributed by atoms with Gasteiger partial charge in [0.05, 0.1) is 19.3 Å². The Kier molecular flexibility index (Phi) is 6.97. The second-order valence-corrected chi connectivity index (χ2v) is 8.96. The molecule has 0 unspecified atom stereocenters. The zero-order valence-corrected chi connectivity index (χ0v) is 18.8. The minimum Gasteiger partial charge on any atom is -0.493 e. The first-order valence-corrected chi connectivity index (χ1v) is 11.4. The van der Waals surface area contributed by atoms with Gasteiger partial charge in [0.25, 0.3) is 5.56 Å². The van der Waals surface area contributed by atoms with Crippen molar-refractivity contribution in [3.63, 3.8) is 0 Å². The molecule has 0 radical (unpaired) electrons. The molecule has 3 rings (SSSR count). The monoisotopic (exact) mass is 493 g/mol. The van der Waals surface area contributed by atoms with E-state index in [4.69, 9.17) is 15.9 Å². The van der Waals surface area contributed by atoms with Gasteiger partial charge in [-0.25, -0.2) is 18.4 Å². The summed E-state index contributed by atoms with van der Waals surface area (Å²) >= 11 is 0. The largest absolute Gasteiger partial charge is 0.493 e. The molecular formula is C22H18F3N3O5S. The first kappa shape index (κ1) is 24.8. The van der Waals surface area contributed by atoms with Crippen molar-refractivity contribution in [2.75, 3.05) is 20.0 Å². The van der Waals surface area contributed by atoms with E-state index in [1.807, 2.05) is 0 Å². The minimum atomic E-state index is -4.90. The predicted molar refractivity (Wildman–Crippen MR) is 116 cm³/mol. The maximum absolute atomic E-state index is 13.3. The highest BCUT2D eigenvalue weighted by molar-refractivity contribution is 7.90. The van der Waals surface area contributed by atoms with Crippen molar-refractivity contribution in [3.8, 4) is 35.1 Å². The quantitative estimate of drug-likeness (QED) is 0.369. The number of pyridine rings is 1. The van der Waals surface area contributed by atoms with Crippen molar-refractivity contribution in [1.29, 1.82) is 0 Å². The minimum absolute atomic E-state index is 0.0333. The summed E-state index contributed by atoms with van der Waals surface area (Å²) in [6.45, 7) is 0.0696. The Bertz CT molecular complexity index is 1430. The maximum atomic E-state index is 13.3. The third kappa shape index (κ3) is 5.74. The Morgan fingerprint density at radius 3 is 2.47 bits per heavy atom. The van der Waals surface area contributed by atoms with Crippen LogP contribution in [0.3, 0.4) is 0 Å². The molecule has 0 aliphatic rings. The number of sulfone groups is 1. The van der Waals surface area contributed by atoms with E-state index >= 15 is 0 Å². The average molecular weight is 493 g/mol. The van der Waals surface area contributed by atoms with Gasteiger partial charge in [0.1, 0.15) is 12.3 Å². The van der Waals surface area contributed by atoms with Crippen LogP contribution < -0.4 is 15.0 Å². The zero-order chi connectivity index (χ0) is 25.1. The SMILES string of the molecule is C#CCOc1ccc(Cn2cc(-c3cc(C(F)(F)F)nc(S(C)(=O)=O)n3)ccc2=O)cc1OC. The molecule has 0 spiro atoms. The average Bonchev–Trinajstić information content (AvgIpc) is 2.78. The van der Waals surface area contributed by atoms with Crippen LogP contribution in [0.5, 0.6) is 11.5 Å². The van der Waals surface area contributed by atoms with E-state index in [0.717, 1.165) is 6.07 Å². The van der Waals surface area contributed by atoms with Crippen LogP contribution in [0.2, 0.25) is 0 Å². The number of alkyl halides is 3. The molecule has 0 fully saturated rings. The number of ether oxygens (including phenoxy) is 2. The standard InChI is InChI=1S/C22H18F3N3O5S/c1-4-9-33-17-7-5-14(10-18(17)32-2)12-28-13-15(6-8-20(28)29)16-11-19(22(23,24)25)27-21(26-16)34(3,30)31/h1,5-8,10-11,13H,9,12H2,2-3H3. The molecular weight excluding hydrogens is 475 g/mol. The molecule has 178 valence electrons. The molecule has 2 aromatic heterocycles. The lowest BCUT2D eigenvalue weighted by Gasteiger charge is -2.13. The molecule has 0 atom stereocenters. The molecule has 0 bridgehead atoms. The van der Waals surface area contributed by atoms with E-state index in [9.17, 15) is 26.4 Å². The van der Waals surface area contributed by atoms with Gasteiger partial charge in [0.2, 0.25) is 15.0 Å². The van der Waals surface area contributed by atoms with Crippen molar-refractivity contribution < 1.29 is 31.1 Å². The van der Waals surface area contributed by atoms with Crippen LogP contribution in [0.4, 0.5) is 13.2 Å². The summed E-state index contributed by atoms with van der Waals surface area (Å²) in [5.41, 5.74) is -1.43. The number of benzene rings is 1. The van der Waals surface area contributed by atoms with Crippen LogP contribution in [-0.4, -0.2) is 42.9 Å². The first-order valence-electron chi connectivity index (χ1n) is 9.52. The van der Waals surface area contributed by atoms with Gasteiger partial charge in [-0.1, -0.05) is 12.0 Å². The van der Waals surface area contributed by atoms with Crippen molar-refractivity contribution in [2.24, 2.45) is 0 Å². The molecule has 0 N–H and O–H groups in total. The van der Waals surface area contributed by atoms with Crippen LogP contribution in [0.25, 0.3) is 11.3 Å². The van der Waals surface area contributed by atoms with Crippen molar-refractivity contribution >= 4 is 9.84 Å². The Labute approximate surface area is 192 Å². The molecule has 2 heterocycles. The van der Waals surface area contributed by atoms with Crippen molar-refractivity contribution in [3.05, 3.63) is 64.2 Å². The lowest BCUT2D eigenvalue weighted by Crippen LogP contribution is -2.19. The Balaban J connectivity index is 2.04. The van der Waals surface area contributed by atoms with Crippen LogP contribution in [-0.2, 0) is 22.6 Å². The number of halogens is 3. The molecule has 34 heavy (non-hydrogen) atoms. The summed E-state index contributed by atoms with van der Waals surface area (Å²) in [5.74, 6) is 3.11. The lowest BCUT2D eigenvalue weighted by atomic mass is 10.1. The molecule has 1 aromatic carbocycles. The second-order valence-electron chi connectivity index (χ2n) is 7.05. The van der Waals surface area contributed by atoms with E-state index in [2.05, 4.69) is 15.9 Å². The van der Waals surface area contributed by atoms with Crippen molar-refractivity contribution in [1.82, 2.24) is 14.5 Å². The summed E-state index contributed by atoms with van der Waals surface area (Å²) < 4.78 is 75.4. The Morgan fingerprint density at radius 2 is 1.85 bits per heavy atom. The predicted octanol–water partition coefficient (Wildman–Crippen LogP) is 2.80. The van der Waals surface area contributed by atoms with Crippen LogP contribution in [0.1, 0.15) is 11.3 Å². The second kappa shape index (κ2) is 9.56. The molecule has 0 aliphatic heterocycles. The summed E-state index contributed by atoms with van der Waals surface area (Å²) in [6, 6.07) is 7.93. The lowest BCUT2D eigenvalue weighted by molar-refractivity contribution is -0.141. The smallest absolute Gasteiger partial charge is 0.433 e. The summed E-state index contributed by atoms with van der Waals surface area (Å²) in [5, 5.41) is -0.970. The number of terminal acetylenes is 1. The van der Waals surface area contributed by atoms with Gasteiger partial charge in [-0.15, -0.1) is 6.42 Å². The van der Waals surface area contributed by atoms with E-state index in [-0.39, 0.29) is 24.4 Å². The van der Waals surface area contributed by atoms with Gasteiger partial charge in [-0.2, -0.15) is 13.2 Å². The van der Waals surface area contributed by atoms with E-state index in [1.165, 1.54) is 23.9 Å². The van der Waals surface area contributed by atoms with Crippen LogP contribution in [0, 0.1) is 12.3 Å². The van der Waals surface area contributed by atoms with Gasteiger partial charge in [0, 0.05) is 24.1 Å². The number of methoxy groups -OCH3 is 1. The van der Waals surface area contributed by atoms with Crippen LogP contribution >= 0.6 is 0 Å². The van der Waals surface area contributed by atoms with Gasteiger partial charge in [-0.05, 0) is 29.8 Å². The fourth-order valence-electron chi connectivity index (χ4n) is 2.94. The third-order valence-electron chi connectivity index (χ3n) is 4.50. The summed E-state index contributed by atoms with van der Waals surface area (Å²) in [6.07, 6.45) is 2.28. The first-order chi connectivity index (χ1) is 15.9. The molecule has 12 heteroatoms. The summed E-state index contributed by atoms with van der Waals surface area (Å²) in [7, 11) is -2.70. The highest BCUT2D eigenvalue weighted by Gasteiger charge is 2.35. The maximum Gasteiger partial charge on any atom is 0.433 e. The van der Waals surface area contributed by atoms with Crippen LogP contribution in [0.15, 0.2) is 52.5 Å². The number of hydrogen-bond donors (Lipinski definition) is 0. The highest BCUT2D eigenvalue weighted by atomic mass is 32.2. The van der Waals surface area contributed by atoms with E-state index in [0.29, 0.717) is 29.4 Å². The number of rotatable bonds is 7. The van der Waals surface area contributed by atoms with E-state index in [1.54, 1.807) is 18.2 Å². The van der Waals surface area contributed by atoms with Gasteiger partial charge >= 0.3 is 6.18 Å². The molecule has 0 saturated heterocycles. The normalized spacial score (nSPS) is 11.6. The molecule has 0 aliphatic carbocycles. The van der Waals surface area contributed by atoms with Gasteiger partial charge in [-0.3, -0.25) is 4.79 Å². The zero-order valence-electron chi connectivity index (χ0n) is 18.0. The molecule has 0 amide bonds. The number of nitrogens with zero attached hydrogens (tertiary/aromatic N) is 3. The van der Waals surface area contributed by atoms with E-state index < -0.39 is 32.4 Å². The fourth-order valence-corrected chi connectivity index (χ4v) is 3.46. The number of hydrogen-bond acceptors (Lipinski definition) is 7. The molecule has 3 aromatic rings. The van der Waals surface area contributed by atoms with Crippen molar-refractivity contribution in [2.45, 2.75) is 17.9 Å². The Hall–Kier alpha value is -3.85. The van der Waals surface area contributed by atoms with Gasteiger partial charge < -0.3 is 14.0 Å². The molecule has 0 saturated carbocycles. The summed E-state index contributed by atoms with van der Waals surface area (Å²) in [4.78, 5) is 19.3. The molecule has 8 nitrogen and oxygen atoms in total. The highest BCUT2D eigenvalue weighted by Crippen LogP contribution is 2.31. The number of aromatic nitrogens is 3. The van der Waals surface area contributed by atoms with Gasteiger partial charge in [0.15, 0.2) is 11.5 Å². The fraction of sp³-hybridized carbons (Fsp3) is 0.227.